The van der Waals surface area contributed by atoms with E-state index in [0.717, 1.165) is 10.5 Å². The van der Waals surface area contributed by atoms with E-state index in [9.17, 15) is 24.1 Å². The van der Waals surface area contributed by atoms with Gasteiger partial charge >= 0.3 is 0 Å². The molecular formula is C14H13BrFO4P. The highest BCUT2D eigenvalue weighted by molar-refractivity contribution is 9.10. The molecule has 0 aliphatic carbocycles. The second-order valence-corrected chi connectivity index (χ2v) is 7.73. The van der Waals surface area contributed by atoms with E-state index in [2.05, 4.69) is 15.9 Å². The third-order valence-corrected chi connectivity index (χ3v) is 5.56. The average Bonchev–Trinajstić information content (AvgIpc) is 2.47. The second kappa shape index (κ2) is 6.38. The largest absolute Gasteiger partial charge is 0.378 e. The molecular weight excluding hydrogens is 362 g/mol. The molecule has 0 radical (unpaired) electrons. The van der Waals surface area contributed by atoms with Gasteiger partial charge in [-0.1, -0.05) is 46.3 Å². The van der Waals surface area contributed by atoms with E-state index in [0.29, 0.717) is 0 Å². The first-order valence-corrected chi connectivity index (χ1v) is 8.61. The van der Waals surface area contributed by atoms with Crippen LogP contribution in [0.15, 0.2) is 53.0 Å². The van der Waals surface area contributed by atoms with Gasteiger partial charge in [0, 0.05) is 10.0 Å². The van der Waals surface area contributed by atoms with Gasteiger partial charge in [0.1, 0.15) is 5.82 Å². The summed E-state index contributed by atoms with van der Waals surface area (Å²) in [7, 11) is -4.50. The van der Waals surface area contributed by atoms with Gasteiger partial charge in [0.05, 0.1) is 0 Å². The molecule has 0 spiro atoms. The molecule has 0 heterocycles. The monoisotopic (exact) mass is 374 g/mol. The van der Waals surface area contributed by atoms with Gasteiger partial charge in [-0.05, 0) is 23.8 Å². The zero-order valence-electron chi connectivity index (χ0n) is 10.7. The van der Waals surface area contributed by atoms with Crippen LogP contribution in [-0.2, 0) is 4.57 Å². The summed E-state index contributed by atoms with van der Waals surface area (Å²) in [5, 5.41) is 20.0. The fraction of sp³-hybridized carbons (Fsp3) is 0.143. The average molecular weight is 375 g/mol. The molecule has 0 fully saturated rings. The molecule has 2 rings (SSSR count). The Labute approximate surface area is 129 Å². The summed E-state index contributed by atoms with van der Waals surface area (Å²) < 4.78 is 26.7. The highest BCUT2D eigenvalue weighted by Gasteiger charge is 2.40. The Morgan fingerprint density at radius 1 is 1.00 bits per heavy atom. The van der Waals surface area contributed by atoms with Crippen LogP contribution >= 0.6 is 23.3 Å². The van der Waals surface area contributed by atoms with Gasteiger partial charge in [-0.2, -0.15) is 0 Å². The molecule has 7 heteroatoms. The van der Waals surface area contributed by atoms with E-state index in [4.69, 9.17) is 0 Å². The molecule has 4 nitrogen and oxygen atoms in total. The molecule has 0 aliphatic rings. The molecule has 0 saturated heterocycles. The molecule has 0 aliphatic heterocycles. The van der Waals surface area contributed by atoms with Crippen LogP contribution in [0, 0.1) is 5.82 Å². The predicted octanol–water partition coefficient (Wildman–Crippen LogP) is 3.54. The number of aliphatic hydroxyl groups excluding tert-OH is 2. The second-order valence-electron chi connectivity index (χ2n) is 4.49. The highest BCUT2D eigenvalue weighted by atomic mass is 79.9. The molecule has 3 atom stereocenters. The maximum atomic E-state index is 13.6. The standard InChI is InChI=1S/C14H13BrFO4P/c15-10-7-5-9(6-8-10)13(17)21(19,20)14(18)11-3-1-2-4-12(11)16/h1-8,13-14,17-18H,(H,19,20)/t13-,14+/m1/s1. The number of hydrogen-bond donors (Lipinski definition) is 3. The van der Waals surface area contributed by atoms with Crippen molar-refractivity contribution in [1.82, 2.24) is 0 Å². The normalized spacial score (nSPS) is 17.0. The van der Waals surface area contributed by atoms with Gasteiger partial charge in [-0.3, -0.25) is 4.57 Å². The summed E-state index contributed by atoms with van der Waals surface area (Å²) in [6, 6.07) is 11.2. The molecule has 0 amide bonds. The smallest absolute Gasteiger partial charge is 0.264 e. The lowest BCUT2D eigenvalue weighted by Crippen LogP contribution is -2.08. The molecule has 2 aromatic carbocycles. The molecule has 1 unspecified atom stereocenters. The van der Waals surface area contributed by atoms with Crippen LogP contribution in [0.1, 0.15) is 22.8 Å². The lowest BCUT2D eigenvalue weighted by atomic mass is 10.2. The Morgan fingerprint density at radius 3 is 2.14 bits per heavy atom. The fourth-order valence-electron chi connectivity index (χ4n) is 1.87. The lowest BCUT2D eigenvalue weighted by Gasteiger charge is -2.24. The Kier molecular flexibility index (Phi) is 4.96. The number of benzene rings is 2. The van der Waals surface area contributed by atoms with Crippen LogP contribution in [0.2, 0.25) is 0 Å². The van der Waals surface area contributed by atoms with Crippen molar-refractivity contribution in [2.24, 2.45) is 0 Å². The zero-order chi connectivity index (χ0) is 15.6. The molecule has 0 saturated carbocycles. The minimum atomic E-state index is -4.50. The third kappa shape index (κ3) is 3.42. The summed E-state index contributed by atoms with van der Waals surface area (Å²) in [6.07, 6.45) is 0. The van der Waals surface area contributed by atoms with Crippen LogP contribution in [0.3, 0.4) is 0 Å². The quantitative estimate of drug-likeness (QED) is 0.715. The number of aliphatic hydroxyl groups is 2. The summed E-state index contributed by atoms with van der Waals surface area (Å²) in [5.41, 5.74) is -0.154. The topological polar surface area (TPSA) is 77.8 Å². The van der Waals surface area contributed by atoms with E-state index in [1.54, 1.807) is 12.1 Å². The molecule has 0 aromatic heterocycles. The molecule has 0 bridgehead atoms. The van der Waals surface area contributed by atoms with Gasteiger partial charge in [-0.25, -0.2) is 4.39 Å². The van der Waals surface area contributed by atoms with Crippen LogP contribution in [0.5, 0.6) is 0 Å². The first-order chi connectivity index (χ1) is 9.84. The van der Waals surface area contributed by atoms with Crippen molar-refractivity contribution in [1.29, 1.82) is 0 Å². The van der Waals surface area contributed by atoms with Crippen LogP contribution in [0.25, 0.3) is 0 Å². The lowest BCUT2D eigenvalue weighted by molar-refractivity contribution is 0.184. The zero-order valence-corrected chi connectivity index (χ0v) is 13.2. The molecule has 3 N–H and O–H groups in total. The molecule has 112 valence electrons. The summed E-state index contributed by atoms with van der Waals surface area (Å²) >= 11 is 3.21. The Bertz CT molecular complexity index is 677. The molecule has 21 heavy (non-hydrogen) atoms. The highest BCUT2D eigenvalue weighted by Crippen LogP contribution is 2.63. The maximum Gasteiger partial charge on any atom is 0.264 e. The number of hydrogen-bond acceptors (Lipinski definition) is 3. The van der Waals surface area contributed by atoms with Crippen molar-refractivity contribution < 1.29 is 24.1 Å². The minimum Gasteiger partial charge on any atom is -0.378 e. The van der Waals surface area contributed by atoms with Gasteiger partial charge in [0.2, 0.25) is 0 Å². The van der Waals surface area contributed by atoms with Crippen molar-refractivity contribution in [3.05, 3.63) is 69.9 Å². The van der Waals surface area contributed by atoms with Crippen LogP contribution in [-0.4, -0.2) is 15.1 Å². The Balaban J connectivity index is 2.34. The van der Waals surface area contributed by atoms with Gasteiger partial charge in [0.15, 0.2) is 11.7 Å². The van der Waals surface area contributed by atoms with Gasteiger partial charge in [-0.15, -0.1) is 0 Å². The SMILES string of the molecule is O=P(O)([C@H](O)c1ccccc1F)[C@@H](O)c1ccc(Br)cc1. The van der Waals surface area contributed by atoms with E-state index >= 15 is 0 Å². The van der Waals surface area contributed by atoms with E-state index in [-0.39, 0.29) is 11.1 Å². The molecule has 2 aromatic rings. The van der Waals surface area contributed by atoms with Crippen LogP contribution < -0.4 is 0 Å². The summed E-state index contributed by atoms with van der Waals surface area (Å²) in [5.74, 6) is -4.61. The fourth-order valence-corrected chi connectivity index (χ4v) is 3.61. The van der Waals surface area contributed by atoms with E-state index in [1.165, 1.54) is 30.3 Å². The Hall–Kier alpha value is -1.04. The summed E-state index contributed by atoms with van der Waals surface area (Å²) in [6.45, 7) is 0. The van der Waals surface area contributed by atoms with Gasteiger partial charge in [0.25, 0.3) is 7.37 Å². The van der Waals surface area contributed by atoms with Crippen molar-refractivity contribution >= 4 is 23.3 Å². The van der Waals surface area contributed by atoms with Crippen molar-refractivity contribution in [3.8, 4) is 0 Å². The number of rotatable bonds is 4. The number of halogens is 2. The van der Waals surface area contributed by atoms with E-state index < -0.39 is 24.9 Å². The minimum absolute atomic E-state index is 0.166. The third-order valence-electron chi connectivity index (χ3n) is 3.05. The maximum absolute atomic E-state index is 13.6. The first-order valence-electron chi connectivity index (χ1n) is 6.02. The van der Waals surface area contributed by atoms with Gasteiger partial charge < -0.3 is 15.1 Å². The predicted molar refractivity (Wildman–Crippen MR) is 80.3 cm³/mol. The van der Waals surface area contributed by atoms with Crippen molar-refractivity contribution in [3.63, 3.8) is 0 Å². The van der Waals surface area contributed by atoms with Crippen LogP contribution in [0.4, 0.5) is 4.39 Å². The first kappa shape index (κ1) is 16.3. The Morgan fingerprint density at radius 2 is 1.57 bits per heavy atom. The van der Waals surface area contributed by atoms with Crippen molar-refractivity contribution in [2.45, 2.75) is 11.7 Å². The van der Waals surface area contributed by atoms with Crippen molar-refractivity contribution in [2.75, 3.05) is 0 Å². The van der Waals surface area contributed by atoms with E-state index in [1.807, 2.05) is 0 Å². The summed E-state index contributed by atoms with van der Waals surface area (Å²) in [4.78, 5) is 10.0.